The summed E-state index contributed by atoms with van der Waals surface area (Å²) in [7, 11) is 0. The highest BCUT2D eigenvalue weighted by molar-refractivity contribution is 7.16. The van der Waals surface area contributed by atoms with Crippen LogP contribution < -0.4 is 9.80 Å². The molecule has 2 fully saturated rings. The van der Waals surface area contributed by atoms with Crippen LogP contribution in [0.3, 0.4) is 0 Å². The number of fused-ring (bicyclic) bond motifs is 1. The van der Waals surface area contributed by atoms with E-state index in [1.54, 1.807) is 23.6 Å². The second-order valence-electron chi connectivity index (χ2n) is 10.8. The summed E-state index contributed by atoms with van der Waals surface area (Å²) in [5, 5.41) is 22.8. The molecule has 0 spiro atoms. The average molecular weight is 506 g/mol. The first-order valence-corrected chi connectivity index (χ1v) is 14.2. The van der Waals surface area contributed by atoms with Crippen LogP contribution in [0.2, 0.25) is 0 Å². The number of nitro benzene ring substituents is 1. The molecule has 0 saturated carbocycles. The predicted molar refractivity (Wildman–Crippen MR) is 147 cm³/mol. The standard InChI is InChI=1S/C28H35N5O2S/c1-19-7-11-31(12-8-19)24-16-25(32-13-9-20(2)10-14-32)26(33(34)35)15-21(24)18-30-28-23(17-29)22-5-3-4-6-27(22)36-28/h15-16,18-20H,3-14H2,1-2H3/b30-18+. The van der Waals surface area contributed by atoms with Gasteiger partial charge in [-0.25, -0.2) is 4.99 Å². The monoisotopic (exact) mass is 505 g/mol. The molecule has 0 atom stereocenters. The van der Waals surface area contributed by atoms with Crippen LogP contribution in [0.5, 0.6) is 0 Å². The molecule has 36 heavy (non-hydrogen) atoms. The molecule has 190 valence electrons. The molecule has 2 aromatic rings. The Kier molecular flexibility index (Phi) is 7.29. The van der Waals surface area contributed by atoms with Crippen LogP contribution in [0.1, 0.15) is 73.9 Å². The summed E-state index contributed by atoms with van der Waals surface area (Å²) in [4.78, 5) is 22.6. The van der Waals surface area contributed by atoms with Crippen molar-refractivity contribution in [1.82, 2.24) is 0 Å². The van der Waals surface area contributed by atoms with Crippen molar-refractivity contribution in [3.63, 3.8) is 0 Å². The maximum atomic E-state index is 12.2. The van der Waals surface area contributed by atoms with E-state index >= 15 is 0 Å². The molecular formula is C28H35N5O2S. The number of nitriles is 1. The van der Waals surface area contributed by atoms with Gasteiger partial charge in [-0.3, -0.25) is 10.1 Å². The third kappa shape index (κ3) is 4.99. The summed E-state index contributed by atoms with van der Waals surface area (Å²) < 4.78 is 0. The second-order valence-corrected chi connectivity index (χ2v) is 11.8. The van der Waals surface area contributed by atoms with E-state index in [2.05, 4.69) is 29.7 Å². The van der Waals surface area contributed by atoms with Crippen molar-refractivity contribution in [1.29, 1.82) is 5.26 Å². The van der Waals surface area contributed by atoms with Crippen LogP contribution in [0, 0.1) is 33.3 Å². The van der Waals surface area contributed by atoms with Gasteiger partial charge in [0, 0.05) is 54.6 Å². The van der Waals surface area contributed by atoms with E-state index in [-0.39, 0.29) is 10.6 Å². The molecule has 2 aliphatic heterocycles. The number of nitrogens with zero attached hydrogens (tertiary/aromatic N) is 5. The van der Waals surface area contributed by atoms with Gasteiger partial charge in [-0.2, -0.15) is 5.26 Å². The minimum atomic E-state index is -0.253. The summed E-state index contributed by atoms with van der Waals surface area (Å²) in [5.74, 6) is 1.34. The van der Waals surface area contributed by atoms with E-state index < -0.39 is 0 Å². The molecule has 1 aromatic heterocycles. The van der Waals surface area contributed by atoms with Crippen LogP contribution >= 0.6 is 11.3 Å². The van der Waals surface area contributed by atoms with Crippen molar-refractivity contribution in [3.05, 3.63) is 43.8 Å². The molecule has 3 heterocycles. The minimum absolute atomic E-state index is 0.145. The summed E-state index contributed by atoms with van der Waals surface area (Å²) in [6.45, 7) is 8.11. The maximum Gasteiger partial charge on any atom is 0.293 e. The van der Waals surface area contributed by atoms with E-state index in [0.29, 0.717) is 17.4 Å². The Morgan fingerprint density at radius 3 is 2.25 bits per heavy atom. The number of hydrogen-bond acceptors (Lipinski definition) is 7. The van der Waals surface area contributed by atoms with Crippen molar-refractivity contribution in [2.24, 2.45) is 16.8 Å². The number of nitro groups is 1. The fourth-order valence-corrected chi connectivity index (χ4v) is 6.93. The van der Waals surface area contributed by atoms with Crippen molar-refractivity contribution < 1.29 is 4.92 Å². The average Bonchev–Trinajstić information content (AvgIpc) is 3.25. The lowest BCUT2D eigenvalue weighted by Crippen LogP contribution is -2.35. The molecule has 0 N–H and O–H groups in total. The van der Waals surface area contributed by atoms with E-state index in [0.717, 1.165) is 105 Å². The number of anilines is 2. The van der Waals surface area contributed by atoms with E-state index in [1.165, 1.54) is 4.88 Å². The van der Waals surface area contributed by atoms with E-state index in [9.17, 15) is 15.4 Å². The summed E-state index contributed by atoms with van der Waals surface area (Å²) in [6, 6.07) is 6.13. The Morgan fingerprint density at radius 2 is 1.64 bits per heavy atom. The molecule has 1 aliphatic carbocycles. The van der Waals surface area contributed by atoms with Gasteiger partial charge in [-0.05, 0) is 74.8 Å². The van der Waals surface area contributed by atoms with E-state index in [1.807, 2.05) is 6.07 Å². The Labute approximate surface area is 217 Å². The third-order valence-electron chi connectivity index (χ3n) is 8.15. The topological polar surface area (TPSA) is 85.8 Å². The molecule has 8 heteroatoms. The summed E-state index contributed by atoms with van der Waals surface area (Å²) in [6.07, 6.45) is 10.3. The molecule has 3 aliphatic rings. The van der Waals surface area contributed by atoms with Gasteiger partial charge >= 0.3 is 0 Å². The number of rotatable bonds is 5. The highest BCUT2D eigenvalue weighted by Gasteiger charge is 2.28. The van der Waals surface area contributed by atoms with Crippen molar-refractivity contribution >= 4 is 39.6 Å². The molecule has 7 nitrogen and oxygen atoms in total. The molecule has 1 aromatic carbocycles. The Morgan fingerprint density at radius 1 is 1.03 bits per heavy atom. The summed E-state index contributed by atoms with van der Waals surface area (Å²) in [5.41, 5.74) is 4.50. The van der Waals surface area contributed by atoms with Gasteiger partial charge in [-0.1, -0.05) is 13.8 Å². The first kappa shape index (κ1) is 24.8. The van der Waals surface area contributed by atoms with Crippen LogP contribution in [-0.4, -0.2) is 37.3 Å². The number of hydrogen-bond donors (Lipinski definition) is 0. The Hall–Kier alpha value is -2.92. The SMILES string of the molecule is CC1CCN(c2cc(N3CCC(C)CC3)c([N+](=O)[O-])cc2/C=N/c2sc3c(c2C#N)CCCC3)CC1. The highest BCUT2D eigenvalue weighted by Crippen LogP contribution is 2.41. The zero-order chi connectivity index (χ0) is 25.2. The maximum absolute atomic E-state index is 12.2. The fourth-order valence-electron chi connectivity index (χ4n) is 5.74. The molecule has 0 bridgehead atoms. The van der Waals surface area contributed by atoms with Crippen LogP contribution in [0.15, 0.2) is 17.1 Å². The van der Waals surface area contributed by atoms with Gasteiger partial charge < -0.3 is 9.80 Å². The van der Waals surface area contributed by atoms with Gasteiger partial charge in [-0.15, -0.1) is 11.3 Å². The Bertz CT molecular complexity index is 1200. The Balaban J connectivity index is 1.56. The number of aryl methyl sites for hydroxylation is 1. The second kappa shape index (κ2) is 10.6. The van der Waals surface area contributed by atoms with Gasteiger partial charge in [0.25, 0.3) is 5.69 Å². The predicted octanol–water partition coefficient (Wildman–Crippen LogP) is 6.63. The molecule has 0 unspecified atom stereocenters. The molecule has 2 saturated heterocycles. The van der Waals surface area contributed by atoms with Gasteiger partial charge in [0.15, 0.2) is 0 Å². The number of benzene rings is 1. The lowest BCUT2D eigenvalue weighted by atomic mass is 9.96. The fraction of sp³-hybridized carbons (Fsp3) is 0.571. The number of aliphatic imine (C=N–C) groups is 1. The lowest BCUT2D eigenvalue weighted by molar-refractivity contribution is -0.384. The minimum Gasteiger partial charge on any atom is -0.371 e. The van der Waals surface area contributed by atoms with Crippen molar-refractivity contribution in [2.75, 3.05) is 36.0 Å². The molecular weight excluding hydrogens is 470 g/mol. The van der Waals surface area contributed by atoms with Gasteiger partial charge in [0.2, 0.25) is 0 Å². The molecule has 0 amide bonds. The van der Waals surface area contributed by atoms with Crippen LogP contribution in [-0.2, 0) is 12.8 Å². The van der Waals surface area contributed by atoms with Crippen LogP contribution in [0.4, 0.5) is 22.1 Å². The zero-order valence-corrected chi connectivity index (χ0v) is 22.1. The number of thiophene rings is 1. The highest BCUT2D eigenvalue weighted by atomic mass is 32.1. The van der Waals surface area contributed by atoms with Gasteiger partial charge in [0.05, 0.1) is 10.5 Å². The first-order valence-electron chi connectivity index (χ1n) is 13.4. The quantitative estimate of drug-likeness (QED) is 0.259. The zero-order valence-electron chi connectivity index (χ0n) is 21.3. The molecule has 5 rings (SSSR count). The van der Waals surface area contributed by atoms with Crippen LogP contribution in [0.25, 0.3) is 0 Å². The van der Waals surface area contributed by atoms with Gasteiger partial charge in [0.1, 0.15) is 16.8 Å². The largest absolute Gasteiger partial charge is 0.371 e. The van der Waals surface area contributed by atoms with Crippen molar-refractivity contribution in [3.8, 4) is 6.07 Å². The first-order chi connectivity index (χ1) is 17.4. The third-order valence-corrected chi connectivity index (χ3v) is 9.35. The normalized spacial score (nSPS) is 19.5. The summed E-state index contributed by atoms with van der Waals surface area (Å²) >= 11 is 1.61. The smallest absolute Gasteiger partial charge is 0.293 e. The van der Waals surface area contributed by atoms with E-state index in [4.69, 9.17) is 4.99 Å². The lowest BCUT2D eigenvalue weighted by Gasteiger charge is -2.35. The number of piperidine rings is 2. The molecule has 0 radical (unpaired) electrons. The van der Waals surface area contributed by atoms with Crippen molar-refractivity contribution in [2.45, 2.75) is 65.2 Å².